The van der Waals surface area contributed by atoms with Crippen molar-refractivity contribution in [1.29, 1.82) is 0 Å². The summed E-state index contributed by atoms with van der Waals surface area (Å²) < 4.78 is 24.0. The van der Waals surface area contributed by atoms with Crippen LogP contribution < -0.4 is 10.9 Å². The first-order valence-corrected chi connectivity index (χ1v) is 8.89. The van der Waals surface area contributed by atoms with Gasteiger partial charge in [-0.05, 0) is 31.0 Å². The van der Waals surface area contributed by atoms with Gasteiger partial charge < -0.3 is 9.47 Å². The van der Waals surface area contributed by atoms with E-state index in [0.29, 0.717) is 13.2 Å². The van der Waals surface area contributed by atoms with Gasteiger partial charge in [0, 0.05) is 32.1 Å². The van der Waals surface area contributed by atoms with Crippen LogP contribution in [-0.2, 0) is 20.7 Å². The predicted octanol–water partition coefficient (Wildman–Crippen LogP) is 0.725. The van der Waals surface area contributed by atoms with Gasteiger partial charge in [-0.1, -0.05) is 12.1 Å². The fraction of sp³-hybridized carbons (Fsp3) is 0.611. The molecule has 0 bridgehead atoms. The average molecular weight is 351 g/mol. The quantitative estimate of drug-likeness (QED) is 0.737. The summed E-state index contributed by atoms with van der Waals surface area (Å²) in [5.41, 5.74) is 7.15. The Bertz CT molecular complexity index is 569. The van der Waals surface area contributed by atoms with Crippen LogP contribution in [0.1, 0.15) is 12.5 Å². The highest BCUT2D eigenvalue weighted by atomic mass is 19.1. The van der Waals surface area contributed by atoms with Crippen molar-refractivity contribution in [2.45, 2.75) is 25.5 Å². The molecule has 0 aliphatic carbocycles. The van der Waals surface area contributed by atoms with E-state index in [1.807, 2.05) is 6.92 Å². The van der Waals surface area contributed by atoms with Crippen molar-refractivity contribution in [1.82, 2.24) is 15.8 Å². The number of morpholine rings is 1. The van der Waals surface area contributed by atoms with E-state index in [1.54, 1.807) is 12.1 Å². The van der Waals surface area contributed by atoms with Gasteiger partial charge in [0.05, 0.1) is 19.3 Å². The molecule has 2 aliphatic rings. The van der Waals surface area contributed by atoms with E-state index >= 15 is 0 Å². The smallest absolute Gasteiger partial charge is 0.324 e. The summed E-state index contributed by atoms with van der Waals surface area (Å²) in [6.07, 6.45) is 0.849. The van der Waals surface area contributed by atoms with Crippen molar-refractivity contribution in [3.8, 4) is 0 Å². The number of hydrogen-bond donors (Lipinski definition) is 2. The van der Waals surface area contributed by atoms with Crippen LogP contribution in [0.2, 0.25) is 0 Å². The van der Waals surface area contributed by atoms with Crippen LogP contribution in [0.4, 0.5) is 4.39 Å². The Morgan fingerprint density at radius 1 is 1.40 bits per heavy atom. The van der Waals surface area contributed by atoms with Gasteiger partial charge >= 0.3 is 5.97 Å². The standard InChI is InChI=1S/C18H26FN3O3/c1-2-24-18(23)17-14(10-20-21-17)11-22-7-8-25-16(12-22)9-13-3-5-15(19)6-4-13/h3-6,14,16-17,20-21H,2,7-12H2,1H3. The minimum atomic E-state index is -0.307. The summed E-state index contributed by atoms with van der Waals surface area (Å²) >= 11 is 0. The molecule has 2 saturated heterocycles. The van der Waals surface area contributed by atoms with Crippen LogP contribution in [0.15, 0.2) is 24.3 Å². The molecule has 138 valence electrons. The van der Waals surface area contributed by atoms with E-state index in [9.17, 15) is 9.18 Å². The Kier molecular flexibility index (Phi) is 6.36. The maximum absolute atomic E-state index is 13.0. The van der Waals surface area contributed by atoms with Crippen LogP contribution in [0, 0.1) is 11.7 Å². The molecule has 2 heterocycles. The Balaban J connectivity index is 1.52. The first-order valence-electron chi connectivity index (χ1n) is 8.89. The fourth-order valence-electron chi connectivity index (χ4n) is 3.47. The molecular formula is C18H26FN3O3. The third-order valence-corrected chi connectivity index (χ3v) is 4.73. The molecule has 1 aromatic rings. The van der Waals surface area contributed by atoms with E-state index < -0.39 is 0 Å². The molecular weight excluding hydrogens is 325 g/mol. The summed E-state index contributed by atoms with van der Waals surface area (Å²) in [6, 6.07) is 6.27. The van der Waals surface area contributed by atoms with Gasteiger partial charge in [-0.3, -0.25) is 15.1 Å². The molecule has 25 heavy (non-hydrogen) atoms. The normalized spacial score (nSPS) is 27.4. The number of hydrogen-bond acceptors (Lipinski definition) is 6. The van der Waals surface area contributed by atoms with Gasteiger partial charge in [-0.15, -0.1) is 0 Å². The van der Waals surface area contributed by atoms with Crippen LogP contribution in [0.3, 0.4) is 0 Å². The van der Waals surface area contributed by atoms with Crippen LogP contribution in [-0.4, -0.2) is 62.4 Å². The predicted molar refractivity (Wildman–Crippen MR) is 91.3 cm³/mol. The van der Waals surface area contributed by atoms with Gasteiger partial charge in [0.1, 0.15) is 11.9 Å². The molecule has 3 unspecified atom stereocenters. The molecule has 0 radical (unpaired) electrons. The number of carbonyl (C=O) groups is 1. The Morgan fingerprint density at radius 2 is 2.20 bits per heavy atom. The highest BCUT2D eigenvalue weighted by Crippen LogP contribution is 2.17. The van der Waals surface area contributed by atoms with Gasteiger partial charge in [0.25, 0.3) is 0 Å². The molecule has 6 nitrogen and oxygen atoms in total. The van der Waals surface area contributed by atoms with Crippen molar-refractivity contribution >= 4 is 5.97 Å². The third kappa shape index (κ3) is 4.98. The molecule has 0 amide bonds. The number of nitrogens with one attached hydrogen (secondary N) is 2. The largest absolute Gasteiger partial charge is 0.465 e. The molecule has 2 fully saturated rings. The number of benzene rings is 1. The van der Waals surface area contributed by atoms with Crippen molar-refractivity contribution in [2.75, 3.05) is 39.4 Å². The number of nitrogens with zero attached hydrogens (tertiary/aromatic N) is 1. The van der Waals surface area contributed by atoms with E-state index in [-0.39, 0.29) is 29.9 Å². The lowest BCUT2D eigenvalue weighted by Gasteiger charge is -2.35. The first-order chi connectivity index (χ1) is 12.2. The van der Waals surface area contributed by atoms with E-state index in [4.69, 9.17) is 9.47 Å². The zero-order valence-corrected chi connectivity index (χ0v) is 14.5. The van der Waals surface area contributed by atoms with Crippen molar-refractivity contribution < 1.29 is 18.7 Å². The minimum Gasteiger partial charge on any atom is -0.465 e. The van der Waals surface area contributed by atoms with Crippen molar-refractivity contribution in [2.24, 2.45) is 5.92 Å². The molecule has 2 aliphatic heterocycles. The summed E-state index contributed by atoms with van der Waals surface area (Å²) in [5, 5.41) is 0. The van der Waals surface area contributed by atoms with E-state index in [2.05, 4.69) is 15.8 Å². The highest BCUT2D eigenvalue weighted by Gasteiger charge is 2.36. The molecule has 0 saturated carbocycles. The fourth-order valence-corrected chi connectivity index (χ4v) is 3.47. The number of esters is 1. The molecule has 0 aromatic heterocycles. The number of hydrazine groups is 1. The second kappa shape index (κ2) is 8.71. The second-order valence-corrected chi connectivity index (χ2v) is 6.60. The SMILES string of the molecule is CCOC(=O)C1NNCC1CN1CCOC(Cc2ccc(F)cc2)C1. The highest BCUT2D eigenvalue weighted by molar-refractivity contribution is 5.76. The van der Waals surface area contributed by atoms with E-state index in [1.165, 1.54) is 12.1 Å². The summed E-state index contributed by atoms with van der Waals surface area (Å²) in [7, 11) is 0. The molecule has 0 spiro atoms. The zero-order chi connectivity index (χ0) is 17.6. The number of carbonyl (C=O) groups excluding carboxylic acids is 1. The topological polar surface area (TPSA) is 62.8 Å². The van der Waals surface area contributed by atoms with E-state index in [0.717, 1.165) is 38.2 Å². The zero-order valence-electron chi connectivity index (χ0n) is 14.5. The summed E-state index contributed by atoms with van der Waals surface area (Å²) in [5.74, 6) is -0.251. The van der Waals surface area contributed by atoms with Crippen LogP contribution >= 0.6 is 0 Å². The monoisotopic (exact) mass is 351 g/mol. The third-order valence-electron chi connectivity index (χ3n) is 4.73. The van der Waals surface area contributed by atoms with Crippen LogP contribution in [0.25, 0.3) is 0 Å². The van der Waals surface area contributed by atoms with Crippen molar-refractivity contribution in [3.63, 3.8) is 0 Å². The number of rotatable bonds is 6. The molecule has 7 heteroatoms. The van der Waals surface area contributed by atoms with Gasteiger partial charge in [0.2, 0.25) is 0 Å². The Labute approximate surface area is 147 Å². The molecule has 1 aromatic carbocycles. The first kappa shape index (κ1) is 18.3. The maximum Gasteiger partial charge on any atom is 0.324 e. The lowest BCUT2D eigenvalue weighted by atomic mass is 10.00. The lowest BCUT2D eigenvalue weighted by Crippen LogP contribution is -2.48. The lowest BCUT2D eigenvalue weighted by molar-refractivity contribution is -0.146. The average Bonchev–Trinajstić information content (AvgIpc) is 3.06. The van der Waals surface area contributed by atoms with Gasteiger partial charge in [0.15, 0.2) is 0 Å². The van der Waals surface area contributed by atoms with Gasteiger partial charge in [-0.2, -0.15) is 0 Å². The maximum atomic E-state index is 13.0. The van der Waals surface area contributed by atoms with Crippen LogP contribution in [0.5, 0.6) is 0 Å². The number of halogens is 1. The molecule has 3 atom stereocenters. The van der Waals surface area contributed by atoms with Crippen molar-refractivity contribution in [3.05, 3.63) is 35.6 Å². The van der Waals surface area contributed by atoms with Gasteiger partial charge in [-0.25, -0.2) is 9.82 Å². The molecule has 2 N–H and O–H groups in total. The summed E-state index contributed by atoms with van der Waals surface area (Å²) in [6.45, 7) is 6.09. The second-order valence-electron chi connectivity index (χ2n) is 6.60. The molecule has 3 rings (SSSR count). The number of ether oxygens (including phenoxy) is 2. The minimum absolute atomic E-state index is 0.0857. The summed E-state index contributed by atoms with van der Waals surface area (Å²) in [4.78, 5) is 14.4. The Hall–Kier alpha value is -1.54. The Morgan fingerprint density at radius 3 is 2.96 bits per heavy atom.